The largest absolute Gasteiger partial charge is 0.459 e. The van der Waals surface area contributed by atoms with Crippen LogP contribution < -0.4 is 10.6 Å². The lowest BCUT2D eigenvalue weighted by molar-refractivity contribution is -0.115. The maximum atomic E-state index is 12.5. The second-order valence-electron chi connectivity index (χ2n) is 6.40. The molecule has 0 aliphatic rings. The van der Waals surface area contributed by atoms with Crippen LogP contribution >= 0.6 is 0 Å². The molecule has 8 heteroatoms. The van der Waals surface area contributed by atoms with Gasteiger partial charge in [0.15, 0.2) is 5.76 Å². The summed E-state index contributed by atoms with van der Waals surface area (Å²) in [7, 11) is 0. The maximum absolute atomic E-state index is 12.5. The summed E-state index contributed by atoms with van der Waals surface area (Å²) in [6.07, 6.45) is 1.92. The molecule has 2 amide bonds. The minimum absolute atomic E-state index is 0.0831. The summed E-state index contributed by atoms with van der Waals surface area (Å²) in [4.78, 5) is 24.0. The van der Waals surface area contributed by atoms with Crippen molar-refractivity contribution in [2.24, 2.45) is 0 Å². The van der Waals surface area contributed by atoms with Crippen LogP contribution in [0, 0.1) is 0 Å². The molecular formula is C22H18N4O4. The van der Waals surface area contributed by atoms with Crippen molar-refractivity contribution in [3.05, 3.63) is 72.5 Å². The number of hydrogen-bond donors (Lipinski definition) is 2. The van der Waals surface area contributed by atoms with Crippen LogP contribution in [0.5, 0.6) is 0 Å². The van der Waals surface area contributed by atoms with Crippen molar-refractivity contribution in [3.8, 4) is 23.1 Å². The van der Waals surface area contributed by atoms with Gasteiger partial charge in [-0.3, -0.25) is 9.59 Å². The molecule has 0 aliphatic carbocycles. The van der Waals surface area contributed by atoms with E-state index < -0.39 is 0 Å². The summed E-state index contributed by atoms with van der Waals surface area (Å²) in [5.41, 5.74) is 2.35. The molecule has 4 rings (SSSR count). The molecule has 2 heterocycles. The third-order valence-electron chi connectivity index (χ3n) is 4.28. The first-order valence-electron chi connectivity index (χ1n) is 9.31. The molecule has 2 aromatic carbocycles. The van der Waals surface area contributed by atoms with Gasteiger partial charge in [-0.05, 0) is 54.6 Å². The molecule has 0 atom stereocenters. The third kappa shape index (κ3) is 4.27. The molecule has 0 bridgehead atoms. The Bertz CT molecular complexity index is 1160. The number of nitrogens with zero attached hydrogens (tertiary/aromatic N) is 2. The number of nitrogens with one attached hydrogen (secondary N) is 2. The highest BCUT2D eigenvalue weighted by molar-refractivity contribution is 6.04. The number of anilines is 2. The zero-order valence-corrected chi connectivity index (χ0v) is 16.1. The molecule has 2 N–H and O–H groups in total. The Balaban J connectivity index is 1.46. The van der Waals surface area contributed by atoms with Crippen LogP contribution in [-0.2, 0) is 4.79 Å². The van der Waals surface area contributed by atoms with Gasteiger partial charge in [0.1, 0.15) is 0 Å². The molecule has 2 aromatic heterocycles. The number of carbonyl (C=O) groups is 2. The molecule has 0 fully saturated rings. The summed E-state index contributed by atoms with van der Waals surface area (Å²) in [5, 5.41) is 13.6. The predicted octanol–water partition coefficient (Wildman–Crippen LogP) is 4.60. The van der Waals surface area contributed by atoms with E-state index in [9.17, 15) is 9.59 Å². The van der Waals surface area contributed by atoms with Crippen LogP contribution in [0.25, 0.3) is 23.1 Å². The first-order chi connectivity index (χ1) is 14.6. The Hall–Kier alpha value is -4.20. The van der Waals surface area contributed by atoms with Gasteiger partial charge in [-0.25, -0.2) is 0 Å². The number of hydrogen-bond acceptors (Lipinski definition) is 6. The molecule has 0 unspecified atom stereocenters. The fraction of sp³-hybridized carbons (Fsp3) is 0.0909. The third-order valence-corrected chi connectivity index (χ3v) is 4.28. The molecule has 0 radical (unpaired) electrons. The minimum Gasteiger partial charge on any atom is -0.459 e. The Labute approximate surface area is 171 Å². The summed E-state index contributed by atoms with van der Waals surface area (Å²) in [6, 6.07) is 17.2. The molecular weight excluding hydrogens is 384 g/mol. The van der Waals surface area contributed by atoms with Gasteiger partial charge in [-0.1, -0.05) is 13.0 Å². The summed E-state index contributed by atoms with van der Waals surface area (Å²) in [5.74, 6) is 0.715. The van der Waals surface area contributed by atoms with Gasteiger partial charge in [0, 0.05) is 28.9 Å². The van der Waals surface area contributed by atoms with E-state index in [1.807, 2.05) is 0 Å². The van der Waals surface area contributed by atoms with Crippen molar-refractivity contribution in [2.45, 2.75) is 13.3 Å². The second-order valence-corrected chi connectivity index (χ2v) is 6.40. The monoisotopic (exact) mass is 402 g/mol. The van der Waals surface area contributed by atoms with Gasteiger partial charge in [-0.2, -0.15) is 0 Å². The molecule has 0 saturated carbocycles. The average molecular weight is 402 g/mol. The fourth-order valence-electron chi connectivity index (χ4n) is 2.73. The van der Waals surface area contributed by atoms with Gasteiger partial charge < -0.3 is 19.5 Å². The number of carbonyl (C=O) groups excluding carboxylic acids is 2. The normalized spacial score (nSPS) is 10.6. The van der Waals surface area contributed by atoms with Crippen molar-refractivity contribution >= 4 is 23.2 Å². The van der Waals surface area contributed by atoms with Gasteiger partial charge in [-0.15, -0.1) is 10.2 Å². The zero-order valence-electron chi connectivity index (χ0n) is 16.1. The summed E-state index contributed by atoms with van der Waals surface area (Å²) >= 11 is 0. The summed E-state index contributed by atoms with van der Waals surface area (Å²) in [6.45, 7) is 1.78. The second kappa shape index (κ2) is 8.44. The van der Waals surface area contributed by atoms with E-state index in [0.717, 1.165) is 0 Å². The molecule has 8 nitrogen and oxygen atoms in total. The SMILES string of the molecule is CCC(=O)Nc1ccc(C(=O)Nc2cccc(-c3nnc(-c4ccco4)o3)c2)cc1. The van der Waals surface area contributed by atoms with E-state index in [4.69, 9.17) is 8.83 Å². The highest BCUT2D eigenvalue weighted by Crippen LogP contribution is 2.26. The molecule has 0 spiro atoms. The fourth-order valence-corrected chi connectivity index (χ4v) is 2.73. The van der Waals surface area contributed by atoms with E-state index in [1.165, 1.54) is 6.26 Å². The number of furan rings is 1. The Morgan fingerprint density at radius 1 is 0.900 bits per heavy atom. The highest BCUT2D eigenvalue weighted by atomic mass is 16.4. The topological polar surface area (TPSA) is 110 Å². The van der Waals surface area contributed by atoms with Crippen LogP contribution in [0.4, 0.5) is 11.4 Å². The predicted molar refractivity (Wildman–Crippen MR) is 111 cm³/mol. The highest BCUT2D eigenvalue weighted by Gasteiger charge is 2.13. The van der Waals surface area contributed by atoms with Gasteiger partial charge >= 0.3 is 0 Å². The lowest BCUT2D eigenvalue weighted by Gasteiger charge is -2.08. The van der Waals surface area contributed by atoms with Crippen LogP contribution in [0.15, 0.2) is 75.8 Å². The van der Waals surface area contributed by atoms with Gasteiger partial charge in [0.05, 0.1) is 6.26 Å². The number of aromatic nitrogens is 2. The standard InChI is InChI=1S/C22H18N4O4/c1-2-19(27)23-16-10-8-14(9-11-16)20(28)24-17-6-3-5-15(13-17)21-25-26-22(30-21)18-7-4-12-29-18/h3-13H,2H2,1H3,(H,23,27)(H,24,28). The Morgan fingerprint density at radius 3 is 2.43 bits per heavy atom. The van der Waals surface area contributed by atoms with Crippen molar-refractivity contribution in [3.63, 3.8) is 0 Å². The van der Waals surface area contributed by atoms with E-state index in [1.54, 1.807) is 67.6 Å². The van der Waals surface area contributed by atoms with Crippen molar-refractivity contribution in [1.29, 1.82) is 0 Å². The molecule has 0 saturated heterocycles. The van der Waals surface area contributed by atoms with Crippen molar-refractivity contribution in [1.82, 2.24) is 10.2 Å². The van der Waals surface area contributed by atoms with Crippen LogP contribution in [0.2, 0.25) is 0 Å². The Kier molecular flexibility index (Phi) is 5.38. The molecule has 0 aliphatic heterocycles. The van der Waals surface area contributed by atoms with Crippen LogP contribution in [0.1, 0.15) is 23.7 Å². The number of benzene rings is 2. The van der Waals surface area contributed by atoms with E-state index in [-0.39, 0.29) is 17.7 Å². The van der Waals surface area contributed by atoms with Crippen LogP contribution in [-0.4, -0.2) is 22.0 Å². The number of rotatable bonds is 6. The van der Waals surface area contributed by atoms with Gasteiger partial charge in [0.25, 0.3) is 11.8 Å². The van der Waals surface area contributed by atoms with E-state index >= 15 is 0 Å². The summed E-state index contributed by atoms with van der Waals surface area (Å²) < 4.78 is 10.9. The lowest BCUT2D eigenvalue weighted by Crippen LogP contribution is -2.13. The van der Waals surface area contributed by atoms with E-state index in [0.29, 0.717) is 40.6 Å². The quantitative estimate of drug-likeness (QED) is 0.488. The maximum Gasteiger partial charge on any atom is 0.283 e. The van der Waals surface area contributed by atoms with Crippen molar-refractivity contribution in [2.75, 3.05) is 10.6 Å². The lowest BCUT2D eigenvalue weighted by atomic mass is 10.1. The van der Waals surface area contributed by atoms with Crippen molar-refractivity contribution < 1.29 is 18.4 Å². The molecule has 30 heavy (non-hydrogen) atoms. The first-order valence-corrected chi connectivity index (χ1v) is 9.31. The van der Waals surface area contributed by atoms with Crippen LogP contribution in [0.3, 0.4) is 0 Å². The first kappa shape index (κ1) is 19.1. The molecule has 4 aromatic rings. The Morgan fingerprint density at radius 2 is 1.70 bits per heavy atom. The average Bonchev–Trinajstić information content (AvgIpc) is 3.46. The minimum atomic E-state index is -0.276. The molecule has 150 valence electrons. The number of amides is 2. The van der Waals surface area contributed by atoms with E-state index in [2.05, 4.69) is 20.8 Å². The van der Waals surface area contributed by atoms with Gasteiger partial charge in [0.2, 0.25) is 11.8 Å². The zero-order chi connectivity index (χ0) is 20.9. The smallest absolute Gasteiger partial charge is 0.283 e.